The van der Waals surface area contributed by atoms with Gasteiger partial charge in [0.05, 0.1) is 0 Å². The van der Waals surface area contributed by atoms with E-state index in [4.69, 9.17) is 4.74 Å². The van der Waals surface area contributed by atoms with E-state index in [1.165, 1.54) is 11.1 Å². The molecule has 0 spiro atoms. The quantitative estimate of drug-likeness (QED) is 0.862. The third-order valence-electron chi connectivity index (χ3n) is 3.79. The average Bonchev–Trinajstić information content (AvgIpc) is 2.33. The van der Waals surface area contributed by atoms with Crippen LogP contribution in [0.25, 0.3) is 0 Å². The molecule has 1 saturated heterocycles. The van der Waals surface area contributed by atoms with Crippen molar-refractivity contribution in [1.82, 2.24) is 5.32 Å². The highest BCUT2D eigenvalue weighted by Crippen LogP contribution is 2.26. The number of rotatable bonds is 3. The van der Waals surface area contributed by atoms with E-state index >= 15 is 0 Å². The van der Waals surface area contributed by atoms with Crippen molar-refractivity contribution in [3.8, 4) is 5.75 Å². The maximum atomic E-state index is 10.4. The summed E-state index contributed by atoms with van der Waals surface area (Å²) < 4.78 is 5.86. The minimum atomic E-state index is -0.671. The lowest BCUT2D eigenvalue weighted by Gasteiger charge is -2.32. The molecule has 1 fully saturated rings. The Kier molecular flexibility index (Phi) is 3.93. The summed E-state index contributed by atoms with van der Waals surface area (Å²) in [5, 5.41) is 13.6. The van der Waals surface area contributed by atoms with E-state index in [2.05, 4.69) is 32.2 Å². The minimum absolute atomic E-state index is 0.387. The number of ether oxygens (including phenoxy) is 1. The van der Waals surface area contributed by atoms with Gasteiger partial charge in [-0.1, -0.05) is 6.07 Å². The number of nitrogens with one attached hydrogen (secondary N) is 1. The summed E-state index contributed by atoms with van der Waals surface area (Å²) in [7, 11) is 0. The highest BCUT2D eigenvalue weighted by Gasteiger charge is 2.30. The summed E-state index contributed by atoms with van der Waals surface area (Å²) >= 11 is 0. The number of piperidine rings is 1. The second-order valence-corrected chi connectivity index (χ2v) is 5.47. The third-order valence-corrected chi connectivity index (χ3v) is 3.79. The summed E-state index contributed by atoms with van der Waals surface area (Å²) in [6.07, 6.45) is 1.52. The van der Waals surface area contributed by atoms with Crippen molar-refractivity contribution in [1.29, 1.82) is 0 Å². The lowest BCUT2D eigenvalue weighted by atomic mass is 9.93. The second kappa shape index (κ2) is 5.29. The number of hydrogen-bond acceptors (Lipinski definition) is 3. The van der Waals surface area contributed by atoms with Gasteiger partial charge in [0.15, 0.2) is 0 Å². The number of benzene rings is 1. The highest BCUT2D eigenvalue weighted by atomic mass is 16.5. The molecule has 2 rings (SSSR count). The Bertz CT molecular complexity index is 423. The number of aliphatic hydroxyl groups is 1. The van der Waals surface area contributed by atoms with Crippen LogP contribution < -0.4 is 10.1 Å². The molecule has 0 atom stereocenters. The fraction of sp³-hybridized carbons (Fsp3) is 0.600. The monoisotopic (exact) mass is 249 g/mol. The first-order valence-corrected chi connectivity index (χ1v) is 6.64. The first kappa shape index (κ1) is 13.4. The first-order chi connectivity index (χ1) is 8.50. The van der Waals surface area contributed by atoms with Gasteiger partial charge >= 0.3 is 0 Å². The van der Waals surface area contributed by atoms with Crippen LogP contribution in [0.1, 0.15) is 29.5 Å². The molecule has 3 heteroatoms. The van der Waals surface area contributed by atoms with E-state index < -0.39 is 5.60 Å². The molecule has 1 aliphatic rings. The highest BCUT2D eigenvalue weighted by molar-refractivity contribution is 5.41. The van der Waals surface area contributed by atoms with Gasteiger partial charge in [-0.25, -0.2) is 0 Å². The Morgan fingerprint density at radius 2 is 1.89 bits per heavy atom. The fourth-order valence-electron chi connectivity index (χ4n) is 2.40. The molecule has 0 unspecified atom stereocenters. The number of aryl methyl sites for hydroxylation is 2. The van der Waals surface area contributed by atoms with Crippen molar-refractivity contribution < 1.29 is 9.84 Å². The van der Waals surface area contributed by atoms with Crippen LogP contribution in [0.4, 0.5) is 0 Å². The molecule has 0 aromatic heterocycles. The average molecular weight is 249 g/mol. The lowest BCUT2D eigenvalue weighted by Crippen LogP contribution is -2.46. The lowest BCUT2D eigenvalue weighted by molar-refractivity contribution is -0.0287. The van der Waals surface area contributed by atoms with Gasteiger partial charge in [-0.15, -0.1) is 0 Å². The Morgan fingerprint density at radius 1 is 1.22 bits per heavy atom. The van der Waals surface area contributed by atoms with Crippen LogP contribution in [-0.2, 0) is 0 Å². The van der Waals surface area contributed by atoms with Gasteiger partial charge in [0.2, 0.25) is 0 Å². The molecule has 1 heterocycles. The SMILES string of the molecule is Cc1cc(C)c(C)c(OCC2(O)CCNCC2)c1. The molecule has 2 N–H and O–H groups in total. The van der Waals surface area contributed by atoms with Crippen LogP contribution in [-0.4, -0.2) is 30.4 Å². The summed E-state index contributed by atoms with van der Waals surface area (Å²) in [4.78, 5) is 0. The van der Waals surface area contributed by atoms with Gasteiger partial charge in [0.1, 0.15) is 18.0 Å². The molecular weight excluding hydrogens is 226 g/mol. The van der Waals surface area contributed by atoms with Crippen molar-refractivity contribution in [3.05, 3.63) is 28.8 Å². The summed E-state index contributed by atoms with van der Waals surface area (Å²) in [5.41, 5.74) is 2.93. The Labute approximate surface area is 109 Å². The fourth-order valence-corrected chi connectivity index (χ4v) is 2.40. The van der Waals surface area contributed by atoms with Gasteiger partial charge in [0.25, 0.3) is 0 Å². The van der Waals surface area contributed by atoms with Gasteiger partial charge in [-0.2, -0.15) is 0 Å². The normalized spacial score (nSPS) is 18.7. The van der Waals surface area contributed by atoms with Gasteiger partial charge in [-0.3, -0.25) is 0 Å². The van der Waals surface area contributed by atoms with E-state index in [1.807, 2.05) is 6.07 Å². The summed E-state index contributed by atoms with van der Waals surface area (Å²) in [5.74, 6) is 0.902. The van der Waals surface area contributed by atoms with Crippen LogP contribution >= 0.6 is 0 Å². The maximum Gasteiger partial charge on any atom is 0.122 e. The molecule has 3 nitrogen and oxygen atoms in total. The van der Waals surface area contributed by atoms with Crippen molar-refractivity contribution >= 4 is 0 Å². The molecule has 1 aromatic rings. The Morgan fingerprint density at radius 3 is 2.56 bits per heavy atom. The third kappa shape index (κ3) is 3.03. The first-order valence-electron chi connectivity index (χ1n) is 6.64. The van der Waals surface area contributed by atoms with Crippen LogP contribution in [0.5, 0.6) is 5.75 Å². The summed E-state index contributed by atoms with van der Waals surface area (Å²) in [6, 6.07) is 4.20. The van der Waals surface area contributed by atoms with Crippen molar-refractivity contribution in [2.45, 2.75) is 39.2 Å². The molecule has 100 valence electrons. The second-order valence-electron chi connectivity index (χ2n) is 5.47. The van der Waals surface area contributed by atoms with E-state index in [9.17, 15) is 5.11 Å². The minimum Gasteiger partial charge on any atom is -0.490 e. The van der Waals surface area contributed by atoms with Crippen LogP contribution in [0.2, 0.25) is 0 Å². The van der Waals surface area contributed by atoms with Gasteiger partial charge < -0.3 is 15.2 Å². The zero-order valence-electron chi connectivity index (χ0n) is 11.5. The van der Waals surface area contributed by atoms with E-state index in [0.29, 0.717) is 6.61 Å². The van der Waals surface area contributed by atoms with Gasteiger partial charge in [0, 0.05) is 0 Å². The van der Waals surface area contributed by atoms with Crippen molar-refractivity contribution in [2.24, 2.45) is 0 Å². The smallest absolute Gasteiger partial charge is 0.122 e. The topological polar surface area (TPSA) is 41.5 Å². The van der Waals surface area contributed by atoms with Crippen molar-refractivity contribution in [2.75, 3.05) is 19.7 Å². The zero-order chi connectivity index (χ0) is 13.2. The summed E-state index contributed by atoms with van der Waals surface area (Å²) in [6.45, 7) is 8.35. The van der Waals surface area contributed by atoms with Gasteiger partial charge in [-0.05, 0) is 69.5 Å². The van der Waals surface area contributed by atoms with E-state index in [1.54, 1.807) is 0 Å². The number of hydrogen-bond donors (Lipinski definition) is 2. The maximum absolute atomic E-state index is 10.4. The molecule has 0 bridgehead atoms. The standard InChI is InChI=1S/C15H23NO2/c1-11-8-12(2)13(3)14(9-11)18-10-15(17)4-6-16-7-5-15/h8-9,16-17H,4-7,10H2,1-3H3. The van der Waals surface area contributed by atoms with Crippen LogP contribution in [0.15, 0.2) is 12.1 Å². The zero-order valence-corrected chi connectivity index (χ0v) is 11.5. The van der Waals surface area contributed by atoms with E-state index in [-0.39, 0.29) is 0 Å². The predicted molar refractivity (Wildman–Crippen MR) is 73.2 cm³/mol. The molecular formula is C15H23NO2. The van der Waals surface area contributed by atoms with E-state index in [0.717, 1.165) is 37.2 Å². The Balaban J connectivity index is 2.05. The molecule has 18 heavy (non-hydrogen) atoms. The predicted octanol–water partition coefficient (Wildman–Crippen LogP) is 2.11. The van der Waals surface area contributed by atoms with Crippen molar-refractivity contribution in [3.63, 3.8) is 0 Å². The molecule has 0 saturated carbocycles. The Hall–Kier alpha value is -1.06. The largest absolute Gasteiger partial charge is 0.490 e. The molecule has 0 amide bonds. The molecule has 1 aliphatic heterocycles. The van der Waals surface area contributed by atoms with Crippen LogP contribution in [0.3, 0.4) is 0 Å². The van der Waals surface area contributed by atoms with Crippen LogP contribution in [0, 0.1) is 20.8 Å². The molecule has 0 aliphatic carbocycles. The molecule has 0 radical (unpaired) electrons. The molecule has 1 aromatic carbocycles.